The lowest BCUT2D eigenvalue weighted by Crippen LogP contribution is -2.57. The molecule has 0 saturated heterocycles. The zero-order valence-corrected chi connectivity index (χ0v) is 36.0. The summed E-state index contributed by atoms with van der Waals surface area (Å²) in [5, 5.41) is 32.0. The molecule has 324 valence electrons. The van der Waals surface area contributed by atoms with Gasteiger partial charge in [-0.05, 0) is 72.9 Å². The van der Waals surface area contributed by atoms with Crippen LogP contribution in [-0.4, -0.2) is 78.6 Å². The number of carbonyl (C=O) groups excluding carboxylic acids is 3. The van der Waals surface area contributed by atoms with Crippen LogP contribution < -0.4 is 21.6 Å². The summed E-state index contributed by atoms with van der Waals surface area (Å²) in [6.45, 7) is 11.1. The Morgan fingerprint density at radius 2 is 1.54 bits per heavy atom. The van der Waals surface area contributed by atoms with Gasteiger partial charge >= 0.3 is 11.8 Å². The minimum absolute atomic E-state index is 0.00768. The van der Waals surface area contributed by atoms with Gasteiger partial charge in [-0.25, -0.2) is 9.59 Å². The average molecular weight is 834 g/mol. The number of hydrogen-bond donors (Lipinski definition) is 5. The Hall–Kier alpha value is -6.28. The van der Waals surface area contributed by atoms with Crippen molar-refractivity contribution in [2.75, 3.05) is 7.11 Å². The number of nitrogens with zero attached hydrogens (tertiary/aromatic N) is 4. The summed E-state index contributed by atoms with van der Waals surface area (Å²) in [4.78, 5) is 63.8. The number of methoxy groups -OCH3 is 1. The Morgan fingerprint density at radius 3 is 2.16 bits per heavy atom. The number of ether oxygens (including phenoxy) is 1. The van der Waals surface area contributed by atoms with Gasteiger partial charge in [-0.2, -0.15) is 0 Å². The van der Waals surface area contributed by atoms with Crippen molar-refractivity contribution in [1.29, 1.82) is 0 Å². The zero-order chi connectivity index (χ0) is 44.3. The van der Waals surface area contributed by atoms with Crippen molar-refractivity contribution in [3.8, 4) is 17.1 Å². The van der Waals surface area contributed by atoms with E-state index in [1.807, 2.05) is 126 Å². The van der Waals surface area contributed by atoms with Crippen molar-refractivity contribution in [2.45, 2.75) is 104 Å². The molecule has 6 unspecified atom stereocenters. The number of aromatic nitrogens is 4. The number of benzene rings is 2. The van der Waals surface area contributed by atoms with Crippen LogP contribution >= 0.6 is 0 Å². The number of rotatable bonds is 18. The van der Waals surface area contributed by atoms with Gasteiger partial charge in [0.15, 0.2) is 0 Å². The van der Waals surface area contributed by atoms with Gasteiger partial charge in [-0.3, -0.25) is 28.7 Å². The third kappa shape index (κ3) is 12.4. The van der Waals surface area contributed by atoms with E-state index in [9.17, 15) is 29.4 Å². The highest BCUT2D eigenvalue weighted by Crippen LogP contribution is 2.26. The molecule has 0 aliphatic rings. The predicted octanol–water partition coefficient (Wildman–Crippen LogP) is 5.73. The van der Waals surface area contributed by atoms with Crippen molar-refractivity contribution < 1.29 is 29.3 Å². The van der Waals surface area contributed by atoms with Crippen LogP contribution in [0.5, 0.6) is 5.88 Å². The van der Waals surface area contributed by atoms with Gasteiger partial charge in [-0.1, -0.05) is 108 Å². The molecule has 3 heterocycles. The lowest BCUT2D eigenvalue weighted by molar-refractivity contribution is -0.128. The molecule has 3 aromatic heterocycles. The van der Waals surface area contributed by atoms with E-state index in [1.165, 1.54) is 22.4 Å². The SMILES string of the molecule is CCC(C)C(C(=O)NC(Cc1ccccc1)C(O)CC(Cc1ccc(-c2ccccn2)cc1)NC(=O)C(NC(=O)OC)C(C)(C)C)n1cc(O)n(Cc2cccc(C)n2)c1=O. The van der Waals surface area contributed by atoms with Gasteiger partial charge in [0.05, 0.1) is 43.4 Å². The molecule has 5 rings (SSSR count). The Bertz CT molecular complexity index is 2270. The van der Waals surface area contributed by atoms with Gasteiger partial charge in [-0.15, -0.1) is 0 Å². The number of aromatic hydroxyl groups is 1. The van der Waals surface area contributed by atoms with Gasteiger partial charge in [0.2, 0.25) is 17.7 Å². The highest BCUT2D eigenvalue weighted by Gasteiger charge is 2.36. The van der Waals surface area contributed by atoms with Crippen LogP contribution in [-0.2, 0) is 33.7 Å². The van der Waals surface area contributed by atoms with Crippen LogP contribution in [0.1, 0.15) is 76.0 Å². The maximum Gasteiger partial charge on any atom is 0.407 e. The zero-order valence-electron chi connectivity index (χ0n) is 36.0. The number of nitrogens with one attached hydrogen (secondary N) is 3. The quantitative estimate of drug-likeness (QED) is 0.0734. The van der Waals surface area contributed by atoms with E-state index in [0.29, 0.717) is 18.5 Å². The Labute approximate surface area is 357 Å². The first-order valence-corrected chi connectivity index (χ1v) is 20.7. The summed E-state index contributed by atoms with van der Waals surface area (Å²) < 4.78 is 7.26. The van der Waals surface area contributed by atoms with E-state index in [1.54, 1.807) is 12.3 Å². The van der Waals surface area contributed by atoms with Gasteiger partial charge in [0.25, 0.3) is 0 Å². The molecular formula is C47H59N7O7. The van der Waals surface area contributed by atoms with Crippen LogP contribution in [0, 0.1) is 18.3 Å². The molecule has 0 aliphatic heterocycles. The fourth-order valence-electron chi connectivity index (χ4n) is 7.40. The molecule has 0 saturated carbocycles. The second kappa shape index (κ2) is 20.8. The number of aryl methyl sites for hydroxylation is 1. The number of pyridine rings is 2. The molecule has 0 aliphatic carbocycles. The van der Waals surface area contributed by atoms with E-state index < -0.39 is 59.3 Å². The molecule has 0 radical (unpaired) electrons. The number of amides is 3. The molecule has 5 N–H and O–H groups in total. The van der Waals surface area contributed by atoms with Crippen LogP contribution in [0.4, 0.5) is 4.79 Å². The molecular weight excluding hydrogens is 775 g/mol. The third-order valence-corrected chi connectivity index (χ3v) is 10.9. The lowest BCUT2D eigenvalue weighted by atomic mass is 9.85. The standard InChI is InChI=1S/C47H59N7O7/c1-8-30(2)41(54-29-40(56)53(46(54)60)28-35-18-14-15-31(3)49-35)43(57)51-38(26-32-16-10-9-11-17-32)39(55)27-36(50-44(58)42(47(4,5)6)52-45(59)61-7)25-33-20-22-34(23-21-33)37-19-12-13-24-48-37/h9-24,29-30,36,38-39,41-42,55-56H,8,25-28H2,1-7H3,(H,50,58)(H,51,57)(H,52,59). The first-order chi connectivity index (χ1) is 29.1. The normalized spacial score (nSPS) is 14.5. The number of carbonyl (C=O) groups is 3. The molecule has 0 fully saturated rings. The molecule has 0 bridgehead atoms. The highest BCUT2D eigenvalue weighted by molar-refractivity contribution is 5.86. The molecule has 2 aromatic carbocycles. The van der Waals surface area contributed by atoms with Crippen molar-refractivity contribution in [2.24, 2.45) is 11.3 Å². The molecule has 3 amide bonds. The van der Waals surface area contributed by atoms with E-state index in [0.717, 1.165) is 28.1 Å². The van der Waals surface area contributed by atoms with Gasteiger partial charge < -0.3 is 30.9 Å². The summed E-state index contributed by atoms with van der Waals surface area (Å²) in [5.74, 6) is -1.64. The van der Waals surface area contributed by atoms with E-state index in [4.69, 9.17) is 4.74 Å². The van der Waals surface area contributed by atoms with E-state index in [2.05, 4.69) is 25.9 Å². The van der Waals surface area contributed by atoms with Gasteiger partial charge in [0.1, 0.15) is 12.1 Å². The molecule has 14 heteroatoms. The molecule has 5 aromatic rings. The topological polar surface area (TPSA) is 190 Å². The lowest BCUT2D eigenvalue weighted by Gasteiger charge is -2.33. The minimum Gasteiger partial charge on any atom is -0.493 e. The summed E-state index contributed by atoms with van der Waals surface area (Å²) >= 11 is 0. The highest BCUT2D eigenvalue weighted by atomic mass is 16.5. The number of aliphatic hydroxyl groups excluding tert-OH is 1. The monoisotopic (exact) mass is 833 g/mol. The molecule has 61 heavy (non-hydrogen) atoms. The van der Waals surface area contributed by atoms with Gasteiger partial charge in [0, 0.05) is 23.5 Å². The summed E-state index contributed by atoms with van der Waals surface area (Å²) in [5.41, 5.74) is 3.49. The maximum absolute atomic E-state index is 14.5. The fraction of sp³-hybridized carbons (Fsp3) is 0.404. The molecule has 6 atom stereocenters. The predicted molar refractivity (Wildman–Crippen MR) is 234 cm³/mol. The number of hydrogen-bond acceptors (Lipinski definition) is 9. The van der Waals surface area contributed by atoms with Crippen LogP contribution in [0.2, 0.25) is 0 Å². The summed E-state index contributed by atoms with van der Waals surface area (Å²) in [6.07, 6.45) is 2.11. The largest absolute Gasteiger partial charge is 0.493 e. The van der Waals surface area contributed by atoms with Crippen LogP contribution in [0.3, 0.4) is 0 Å². The Morgan fingerprint density at radius 1 is 0.852 bits per heavy atom. The first-order valence-electron chi connectivity index (χ1n) is 20.7. The van der Waals surface area contributed by atoms with E-state index >= 15 is 0 Å². The number of aliphatic hydroxyl groups is 1. The fourth-order valence-corrected chi connectivity index (χ4v) is 7.40. The Balaban J connectivity index is 1.46. The smallest absolute Gasteiger partial charge is 0.407 e. The first kappa shape index (κ1) is 45.8. The summed E-state index contributed by atoms with van der Waals surface area (Å²) in [6, 6.07) is 24.7. The van der Waals surface area contributed by atoms with Crippen LogP contribution in [0.25, 0.3) is 11.3 Å². The third-order valence-electron chi connectivity index (χ3n) is 10.9. The van der Waals surface area contributed by atoms with E-state index in [-0.39, 0.29) is 31.2 Å². The summed E-state index contributed by atoms with van der Waals surface area (Å²) in [7, 11) is 1.23. The maximum atomic E-state index is 14.5. The minimum atomic E-state index is -1.20. The molecule has 14 nitrogen and oxygen atoms in total. The average Bonchev–Trinajstić information content (AvgIpc) is 3.50. The number of imidazole rings is 1. The van der Waals surface area contributed by atoms with Crippen molar-refractivity contribution >= 4 is 17.9 Å². The van der Waals surface area contributed by atoms with Crippen molar-refractivity contribution in [3.05, 3.63) is 136 Å². The second-order valence-corrected chi connectivity index (χ2v) is 16.7. The molecule has 0 spiro atoms. The van der Waals surface area contributed by atoms with Crippen molar-refractivity contribution in [3.63, 3.8) is 0 Å². The second-order valence-electron chi connectivity index (χ2n) is 16.7. The number of alkyl carbamates (subject to hydrolysis) is 1. The van der Waals surface area contributed by atoms with Crippen molar-refractivity contribution in [1.82, 2.24) is 35.1 Å². The van der Waals surface area contributed by atoms with Crippen LogP contribution in [0.15, 0.2) is 108 Å². The Kier molecular flexibility index (Phi) is 15.6.